The van der Waals surface area contributed by atoms with Crippen LogP contribution in [0.5, 0.6) is 5.75 Å². The van der Waals surface area contributed by atoms with Gasteiger partial charge < -0.3 is 15.4 Å². The van der Waals surface area contributed by atoms with E-state index >= 15 is 0 Å². The average Bonchev–Trinajstić information content (AvgIpc) is 2.44. The summed E-state index contributed by atoms with van der Waals surface area (Å²) >= 11 is 5.14. The van der Waals surface area contributed by atoms with Crippen molar-refractivity contribution >= 4 is 28.7 Å². The molecule has 0 atom stereocenters. The van der Waals surface area contributed by atoms with E-state index in [0.717, 1.165) is 11.4 Å². The minimum absolute atomic E-state index is 0.333. The van der Waals surface area contributed by atoms with Crippen LogP contribution in [0.15, 0.2) is 48.5 Å². The highest BCUT2D eigenvalue weighted by Crippen LogP contribution is 2.17. The molecule has 3 nitrogen and oxygen atoms in total. The Labute approximate surface area is 122 Å². The van der Waals surface area contributed by atoms with Crippen molar-refractivity contribution in [2.24, 2.45) is 0 Å². The van der Waals surface area contributed by atoms with Crippen LogP contribution in [-0.4, -0.2) is 11.7 Å². The Morgan fingerprint density at radius 3 is 2.45 bits per heavy atom. The summed E-state index contributed by atoms with van der Waals surface area (Å²) in [4.78, 5) is 0. The van der Waals surface area contributed by atoms with E-state index in [1.807, 2.05) is 31.2 Å². The molecule has 0 aliphatic carbocycles. The fourth-order valence-electron chi connectivity index (χ4n) is 1.65. The van der Waals surface area contributed by atoms with Crippen molar-refractivity contribution in [3.05, 3.63) is 54.3 Å². The van der Waals surface area contributed by atoms with Gasteiger partial charge in [0.2, 0.25) is 0 Å². The molecule has 5 heteroatoms. The van der Waals surface area contributed by atoms with E-state index in [1.165, 1.54) is 6.07 Å². The second-order valence-electron chi connectivity index (χ2n) is 4.02. The quantitative estimate of drug-likeness (QED) is 0.833. The topological polar surface area (TPSA) is 33.3 Å². The monoisotopic (exact) mass is 290 g/mol. The zero-order chi connectivity index (χ0) is 14.4. The molecule has 0 aliphatic rings. The minimum Gasteiger partial charge on any atom is -0.494 e. The molecule has 0 spiro atoms. The molecule has 0 saturated heterocycles. The van der Waals surface area contributed by atoms with E-state index in [2.05, 4.69) is 10.6 Å². The summed E-state index contributed by atoms with van der Waals surface area (Å²) in [5.74, 6) is 0.453. The van der Waals surface area contributed by atoms with Crippen LogP contribution in [0.1, 0.15) is 6.92 Å². The highest BCUT2D eigenvalue weighted by Gasteiger charge is 2.03. The van der Waals surface area contributed by atoms with Gasteiger partial charge in [0, 0.05) is 5.69 Å². The summed E-state index contributed by atoms with van der Waals surface area (Å²) in [6, 6.07) is 13.8. The minimum atomic E-state index is -0.344. The molecular formula is C15H15FN2OS. The maximum absolute atomic E-state index is 13.5. The highest BCUT2D eigenvalue weighted by atomic mass is 32.1. The lowest BCUT2D eigenvalue weighted by molar-refractivity contribution is 0.340. The molecule has 0 radical (unpaired) electrons. The van der Waals surface area contributed by atoms with E-state index in [4.69, 9.17) is 17.0 Å². The number of thiocarbonyl (C=S) groups is 1. The summed E-state index contributed by atoms with van der Waals surface area (Å²) < 4.78 is 18.8. The van der Waals surface area contributed by atoms with Crippen LogP contribution in [0.2, 0.25) is 0 Å². The van der Waals surface area contributed by atoms with Crippen molar-refractivity contribution in [1.29, 1.82) is 0 Å². The molecule has 2 N–H and O–H groups in total. The predicted molar refractivity (Wildman–Crippen MR) is 83.9 cm³/mol. The number of ether oxygens (including phenoxy) is 1. The summed E-state index contributed by atoms with van der Waals surface area (Å²) in [6.45, 7) is 2.56. The first-order valence-electron chi connectivity index (χ1n) is 6.24. The average molecular weight is 290 g/mol. The molecule has 2 rings (SSSR count). The summed E-state index contributed by atoms with van der Waals surface area (Å²) in [5, 5.41) is 6.13. The molecule has 0 bridgehead atoms. The molecule has 104 valence electrons. The SMILES string of the molecule is CCOc1ccc(NC(=S)Nc2ccccc2F)cc1. The van der Waals surface area contributed by atoms with Gasteiger partial charge >= 0.3 is 0 Å². The zero-order valence-electron chi connectivity index (χ0n) is 11.0. The summed E-state index contributed by atoms with van der Waals surface area (Å²) in [5.41, 5.74) is 1.15. The van der Waals surface area contributed by atoms with Crippen LogP contribution >= 0.6 is 12.2 Å². The van der Waals surface area contributed by atoms with Gasteiger partial charge in [-0.3, -0.25) is 0 Å². The standard InChI is InChI=1S/C15H15FN2OS/c1-2-19-12-9-7-11(8-10-12)17-15(20)18-14-6-4-3-5-13(14)16/h3-10H,2H2,1H3,(H2,17,18,20). The lowest BCUT2D eigenvalue weighted by Gasteiger charge is -2.11. The lowest BCUT2D eigenvalue weighted by atomic mass is 10.3. The van der Waals surface area contributed by atoms with E-state index in [0.29, 0.717) is 17.4 Å². The van der Waals surface area contributed by atoms with Gasteiger partial charge in [-0.1, -0.05) is 12.1 Å². The number of nitrogens with one attached hydrogen (secondary N) is 2. The Hall–Kier alpha value is -2.14. The van der Waals surface area contributed by atoms with Crippen molar-refractivity contribution in [2.75, 3.05) is 17.2 Å². The molecule has 0 unspecified atom stereocenters. The van der Waals surface area contributed by atoms with Gasteiger partial charge in [0.05, 0.1) is 12.3 Å². The number of rotatable bonds is 4. The van der Waals surface area contributed by atoms with Gasteiger partial charge in [0.25, 0.3) is 0 Å². The fourth-order valence-corrected chi connectivity index (χ4v) is 1.88. The number of hydrogen-bond donors (Lipinski definition) is 2. The third-order valence-corrected chi connectivity index (χ3v) is 2.75. The van der Waals surface area contributed by atoms with Gasteiger partial charge in [-0.15, -0.1) is 0 Å². The number of anilines is 2. The predicted octanol–water partition coefficient (Wildman–Crippen LogP) is 4.03. The van der Waals surface area contributed by atoms with Gasteiger partial charge in [0.15, 0.2) is 5.11 Å². The molecule has 20 heavy (non-hydrogen) atoms. The second-order valence-corrected chi connectivity index (χ2v) is 4.42. The Balaban J connectivity index is 1.96. The van der Waals surface area contributed by atoms with Crippen LogP contribution in [0, 0.1) is 5.82 Å². The van der Waals surface area contributed by atoms with E-state index < -0.39 is 0 Å². The molecule has 0 aliphatic heterocycles. The summed E-state index contributed by atoms with van der Waals surface area (Å²) in [6.07, 6.45) is 0. The smallest absolute Gasteiger partial charge is 0.175 e. The molecule has 0 fully saturated rings. The normalized spacial score (nSPS) is 9.90. The maximum Gasteiger partial charge on any atom is 0.175 e. The second kappa shape index (κ2) is 6.86. The third-order valence-electron chi connectivity index (χ3n) is 2.55. The van der Waals surface area contributed by atoms with Crippen LogP contribution in [0.3, 0.4) is 0 Å². The van der Waals surface area contributed by atoms with Crippen molar-refractivity contribution in [2.45, 2.75) is 6.92 Å². The van der Waals surface area contributed by atoms with Crippen molar-refractivity contribution in [1.82, 2.24) is 0 Å². The molecule has 0 amide bonds. The van der Waals surface area contributed by atoms with Gasteiger partial charge in [-0.05, 0) is 55.5 Å². The van der Waals surface area contributed by atoms with E-state index in [-0.39, 0.29) is 5.82 Å². The van der Waals surface area contributed by atoms with E-state index in [9.17, 15) is 4.39 Å². The lowest BCUT2D eigenvalue weighted by Crippen LogP contribution is -2.19. The molecular weight excluding hydrogens is 275 g/mol. The largest absolute Gasteiger partial charge is 0.494 e. The van der Waals surface area contributed by atoms with Gasteiger partial charge in [-0.2, -0.15) is 0 Å². The number of hydrogen-bond acceptors (Lipinski definition) is 2. The Morgan fingerprint density at radius 2 is 1.80 bits per heavy atom. The van der Waals surface area contributed by atoms with Gasteiger partial charge in [-0.25, -0.2) is 4.39 Å². The zero-order valence-corrected chi connectivity index (χ0v) is 11.8. The van der Waals surface area contributed by atoms with Crippen molar-refractivity contribution < 1.29 is 9.13 Å². The number of halogens is 1. The summed E-state index contributed by atoms with van der Waals surface area (Å²) in [7, 11) is 0. The number of benzene rings is 2. The first-order valence-corrected chi connectivity index (χ1v) is 6.65. The first-order chi connectivity index (χ1) is 9.69. The molecule has 0 saturated carbocycles. The molecule has 2 aromatic rings. The Morgan fingerprint density at radius 1 is 1.10 bits per heavy atom. The van der Waals surface area contributed by atoms with Crippen LogP contribution in [-0.2, 0) is 0 Å². The highest BCUT2D eigenvalue weighted by molar-refractivity contribution is 7.80. The fraction of sp³-hybridized carbons (Fsp3) is 0.133. The van der Waals surface area contributed by atoms with Gasteiger partial charge in [0.1, 0.15) is 11.6 Å². The van der Waals surface area contributed by atoms with E-state index in [1.54, 1.807) is 18.2 Å². The van der Waals surface area contributed by atoms with Crippen LogP contribution < -0.4 is 15.4 Å². The van der Waals surface area contributed by atoms with Crippen LogP contribution in [0.25, 0.3) is 0 Å². The molecule has 2 aromatic carbocycles. The maximum atomic E-state index is 13.5. The van der Waals surface area contributed by atoms with Crippen molar-refractivity contribution in [3.8, 4) is 5.75 Å². The third kappa shape index (κ3) is 3.93. The molecule has 0 aromatic heterocycles. The Bertz CT molecular complexity index is 587. The van der Waals surface area contributed by atoms with Crippen LogP contribution in [0.4, 0.5) is 15.8 Å². The first kappa shape index (κ1) is 14.3. The van der Waals surface area contributed by atoms with Crippen molar-refractivity contribution in [3.63, 3.8) is 0 Å². The Kier molecular flexibility index (Phi) is 4.90. The number of para-hydroxylation sites is 1. The molecule has 0 heterocycles.